The number of aryl methyl sites for hydroxylation is 2. The first-order valence-corrected chi connectivity index (χ1v) is 8.50. The number of unbranched alkanes of at least 4 members (excludes halogenated alkanes) is 2. The van der Waals surface area contributed by atoms with Crippen molar-refractivity contribution in [2.45, 2.75) is 52.4 Å². The SMILES string of the molecule is CCCCc1cc2cc3c(cc2cc1CCCC)C(=O)OC3=O. The molecule has 1 aliphatic rings. The van der Waals surface area contributed by atoms with Crippen LogP contribution in [0, 0.1) is 0 Å². The predicted octanol–water partition coefficient (Wildman–Crippen LogP) is 4.84. The fraction of sp³-hybridized carbons (Fsp3) is 0.400. The molecule has 0 aromatic heterocycles. The van der Waals surface area contributed by atoms with E-state index in [1.807, 2.05) is 0 Å². The molecule has 23 heavy (non-hydrogen) atoms. The van der Waals surface area contributed by atoms with E-state index in [1.54, 1.807) is 12.1 Å². The summed E-state index contributed by atoms with van der Waals surface area (Å²) in [6.45, 7) is 4.39. The smallest absolute Gasteiger partial charge is 0.346 e. The molecule has 3 rings (SSSR count). The van der Waals surface area contributed by atoms with Crippen LogP contribution < -0.4 is 0 Å². The van der Waals surface area contributed by atoms with E-state index in [0.29, 0.717) is 11.1 Å². The van der Waals surface area contributed by atoms with E-state index in [-0.39, 0.29) is 0 Å². The van der Waals surface area contributed by atoms with Crippen LogP contribution in [0.4, 0.5) is 0 Å². The predicted molar refractivity (Wildman–Crippen MR) is 90.9 cm³/mol. The topological polar surface area (TPSA) is 43.4 Å². The summed E-state index contributed by atoms with van der Waals surface area (Å²) in [5, 5.41) is 2.03. The Labute approximate surface area is 136 Å². The number of esters is 2. The molecule has 1 heterocycles. The number of carbonyl (C=O) groups is 2. The summed E-state index contributed by atoms with van der Waals surface area (Å²) < 4.78 is 4.72. The van der Waals surface area contributed by atoms with E-state index in [0.717, 1.165) is 49.3 Å². The highest BCUT2D eigenvalue weighted by molar-refractivity contribution is 6.17. The number of hydrogen-bond acceptors (Lipinski definition) is 3. The van der Waals surface area contributed by atoms with Crippen molar-refractivity contribution in [2.75, 3.05) is 0 Å². The number of ether oxygens (including phenoxy) is 1. The van der Waals surface area contributed by atoms with Crippen molar-refractivity contribution in [3.8, 4) is 0 Å². The number of fused-ring (bicyclic) bond motifs is 2. The van der Waals surface area contributed by atoms with Gasteiger partial charge >= 0.3 is 11.9 Å². The van der Waals surface area contributed by atoms with E-state index >= 15 is 0 Å². The van der Waals surface area contributed by atoms with Gasteiger partial charge in [-0.1, -0.05) is 38.8 Å². The number of cyclic esters (lactones) is 2. The summed E-state index contributed by atoms with van der Waals surface area (Å²) in [5.74, 6) is -1.06. The third-order valence-electron chi connectivity index (χ3n) is 4.52. The Balaban J connectivity index is 2.10. The van der Waals surface area contributed by atoms with E-state index in [2.05, 4.69) is 26.0 Å². The van der Waals surface area contributed by atoms with Gasteiger partial charge in [-0.3, -0.25) is 0 Å². The van der Waals surface area contributed by atoms with Crippen molar-refractivity contribution >= 4 is 22.7 Å². The highest BCUT2D eigenvalue weighted by atomic mass is 16.6. The van der Waals surface area contributed by atoms with Crippen LogP contribution >= 0.6 is 0 Å². The summed E-state index contributed by atoms with van der Waals surface area (Å²) in [5.41, 5.74) is 3.52. The van der Waals surface area contributed by atoms with Crippen molar-refractivity contribution in [1.29, 1.82) is 0 Å². The van der Waals surface area contributed by atoms with Gasteiger partial charge in [0.25, 0.3) is 0 Å². The van der Waals surface area contributed by atoms with Crippen molar-refractivity contribution < 1.29 is 14.3 Å². The molecular formula is C20H22O3. The van der Waals surface area contributed by atoms with Gasteiger partial charge in [0.15, 0.2) is 0 Å². The van der Waals surface area contributed by atoms with Gasteiger partial charge in [-0.15, -0.1) is 0 Å². The van der Waals surface area contributed by atoms with Crippen molar-refractivity contribution in [2.24, 2.45) is 0 Å². The van der Waals surface area contributed by atoms with Crippen LogP contribution in [-0.4, -0.2) is 11.9 Å². The molecule has 0 bridgehead atoms. The molecule has 0 aliphatic carbocycles. The van der Waals surface area contributed by atoms with Crippen molar-refractivity contribution in [3.63, 3.8) is 0 Å². The van der Waals surface area contributed by atoms with Crippen molar-refractivity contribution in [3.05, 3.63) is 46.5 Å². The van der Waals surface area contributed by atoms with Gasteiger partial charge in [-0.05, 0) is 59.7 Å². The van der Waals surface area contributed by atoms with E-state index in [9.17, 15) is 9.59 Å². The van der Waals surface area contributed by atoms with Gasteiger partial charge in [0.1, 0.15) is 0 Å². The summed E-state index contributed by atoms with van der Waals surface area (Å²) in [4.78, 5) is 23.5. The molecule has 0 N–H and O–H groups in total. The Bertz CT molecular complexity index is 710. The monoisotopic (exact) mass is 310 g/mol. The molecule has 3 nitrogen and oxygen atoms in total. The Morgan fingerprint density at radius 3 is 1.57 bits per heavy atom. The molecule has 0 atom stereocenters. The van der Waals surface area contributed by atoms with Gasteiger partial charge in [0.05, 0.1) is 11.1 Å². The molecular weight excluding hydrogens is 288 g/mol. The maximum atomic E-state index is 11.7. The fourth-order valence-corrected chi connectivity index (χ4v) is 3.18. The molecule has 0 fully saturated rings. The second-order valence-corrected chi connectivity index (χ2v) is 6.25. The summed E-state index contributed by atoms with van der Waals surface area (Å²) >= 11 is 0. The van der Waals surface area contributed by atoms with Gasteiger partial charge in [0, 0.05) is 0 Å². The molecule has 3 heteroatoms. The van der Waals surface area contributed by atoms with Crippen LogP contribution in [0.1, 0.15) is 71.4 Å². The Hall–Kier alpha value is -2.16. The van der Waals surface area contributed by atoms with Crippen molar-refractivity contribution in [1.82, 2.24) is 0 Å². The minimum atomic E-state index is -0.530. The molecule has 0 amide bonds. The quantitative estimate of drug-likeness (QED) is 0.566. The molecule has 120 valence electrons. The third kappa shape index (κ3) is 3.00. The van der Waals surface area contributed by atoms with E-state index in [1.165, 1.54) is 11.1 Å². The zero-order chi connectivity index (χ0) is 16.4. The molecule has 0 saturated carbocycles. The zero-order valence-corrected chi connectivity index (χ0v) is 13.8. The lowest BCUT2D eigenvalue weighted by atomic mass is 9.92. The maximum Gasteiger partial charge on any atom is 0.346 e. The number of benzene rings is 2. The zero-order valence-electron chi connectivity index (χ0n) is 13.8. The molecule has 2 aromatic carbocycles. The first-order valence-electron chi connectivity index (χ1n) is 8.50. The Morgan fingerprint density at radius 1 is 0.739 bits per heavy atom. The highest BCUT2D eigenvalue weighted by Gasteiger charge is 2.30. The van der Waals surface area contributed by atoms with Gasteiger partial charge in [-0.25, -0.2) is 9.59 Å². The van der Waals surface area contributed by atoms with Crippen LogP contribution in [0.5, 0.6) is 0 Å². The first kappa shape index (κ1) is 15.7. The second kappa shape index (κ2) is 6.53. The lowest BCUT2D eigenvalue weighted by molar-refractivity contribution is 0.0444. The van der Waals surface area contributed by atoms with Crippen LogP contribution in [0.15, 0.2) is 24.3 Å². The van der Waals surface area contributed by atoms with Gasteiger partial charge in [0.2, 0.25) is 0 Å². The molecule has 0 radical (unpaired) electrons. The lowest BCUT2D eigenvalue weighted by Gasteiger charge is -2.12. The average Bonchev–Trinajstić information content (AvgIpc) is 2.82. The molecule has 2 aromatic rings. The first-order chi connectivity index (χ1) is 11.1. The number of hydrogen-bond donors (Lipinski definition) is 0. The van der Waals surface area contributed by atoms with Gasteiger partial charge in [-0.2, -0.15) is 0 Å². The van der Waals surface area contributed by atoms with E-state index < -0.39 is 11.9 Å². The lowest BCUT2D eigenvalue weighted by Crippen LogP contribution is -1.98. The standard InChI is InChI=1S/C20H22O3/c1-3-5-7-13-9-15-11-17-18(20(22)23-19(17)21)12-16(15)10-14(13)8-6-4-2/h9-12H,3-8H2,1-2H3. The van der Waals surface area contributed by atoms with Crippen LogP contribution in [0.2, 0.25) is 0 Å². The average molecular weight is 310 g/mol. The second-order valence-electron chi connectivity index (χ2n) is 6.25. The summed E-state index contributed by atoms with van der Waals surface area (Å²) in [7, 11) is 0. The summed E-state index contributed by atoms with van der Waals surface area (Å²) in [6, 6.07) is 7.98. The van der Waals surface area contributed by atoms with Crippen LogP contribution in [0.25, 0.3) is 10.8 Å². The largest absolute Gasteiger partial charge is 0.386 e. The molecule has 0 saturated heterocycles. The normalized spacial score (nSPS) is 13.5. The summed E-state index contributed by atoms with van der Waals surface area (Å²) in [6.07, 6.45) is 6.77. The minimum absolute atomic E-state index is 0.394. The third-order valence-corrected chi connectivity index (χ3v) is 4.52. The highest BCUT2D eigenvalue weighted by Crippen LogP contribution is 2.29. The van der Waals surface area contributed by atoms with Crippen LogP contribution in [0.3, 0.4) is 0 Å². The number of carbonyl (C=O) groups excluding carboxylic acids is 2. The fourth-order valence-electron chi connectivity index (χ4n) is 3.18. The minimum Gasteiger partial charge on any atom is -0.386 e. The number of rotatable bonds is 6. The molecule has 0 unspecified atom stereocenters. The Kier molecular flexibility index (Phi) is 4.46. The molecule has 0 spiro atoms. The maximum absolute atomic E-state index is 11.7. The van der Waals surface area contributed by atoms with Crippen LogP contribution in [-0.2, 0) is 17.6 Å². The molecule has 1 aliphatic heterocycles. The van der Waals surface area contributed by atoms with Gasteiger partial charge < -0.3 is 4.74 Å². The Morgan fingerprint density at radius 2 is 1.17 bits per heavy atom. The van der Waals surface area contributed by atoms with E-state index in [4.69, 9.17) is 4.74 Å².